The fourth-order valence-corrected chi connectivity index (χ4v) is 4.93. The molecular weight excluding hydrogens is 522 g/mol. The summed E-state index contributed by atoms with van der Waals surface area (Å²) in [6.45, 7) is 5.78. The van der Waals surface area contributed by atoms with E-state index in [2.05, 4.69) is 4.98 Å². The SMILES string of the molecule is CC(=O)OC[C@H]1O[C@@H](SC(=O)c2ccc3ccc(C)nc3c2O)[C@H](OC(C)=O)[C@@H](OC(C)=O)[C@H]1OC(C)=O. The zero-order chi connectivity index (χ0) is 28.1. The maximum absolute atomic E-state index is 13.3. The van der Waals surface area contributed by atoms with Gasteiger partial charge in [-0.2, -0.15) is 0 Å². The molecule has 1 fully saturated rings. The van der Waals surface area contributed by atoms with Crippen LogP contribution in [0.3, 0.4) is 0 Å². The molecule has 12 nitrogen and oxygen atoms in total. The summed E-state index contributed by atoms with van der Waals surface area (Å²) in [6, 6.07) is 6.53. The average Bonchev–Trinajstić information content (AvgIpc) is 2.81. The summed E-state index contributed by atoms with van der Waals surface area (Å²) in [5, 5.41) is 10.7. The molecule has 3 rings (SSSR count). The topological polar surface area (TPSA) is 165 Å². The predicted molar refractivity (Wildman–Crippen MR) is 132 cm³/mol. The second-order valence-electron chi connectivity index (χ2n) is 8.46. The highest BCUT2D eigenvalue weighted by atomic mass is 32.2. The highest BCUT2D eigenvalue weighted by Crippen LogP contribution is 2.38. The van der Waals surface area contributed by atoms with E-state index in [1.54, 1.807) is 25.1 Å². The number of benzene rings is 1. The first-order valence-electron chi connectivity index (χ1n) is 11.5. The van der Waals surface area contributed by atoms with E-state index < -0.39 is 65.5 Å². The molecule has 1 aromatic heterocycles. The van der Waals surface area contributed by atoms with E-state index in [1.165, 1.54) is 6.07 Å². The minimum atomic E-state index is -1.41. The summed E-state index contributed by atoms with van der Waals surface area (Å²) in [6.07, 6.45) is -5.35. The molecule has 2 heterocycles. The number of nitrogens with zero attached hydrogens (tertiary/aromatic N) is 1. The van der Waals surface area contributed by atoms with Gasteiger partial charge < -0.3 is 28.8 Å². The van der Waals surface area contributed by atoms with Gasteiger partial charge in [0.05, 0.1) is 5.56 Å². The Bertz CT molecular complexity index is 1260. The molecule has 0 bridgehead atoms. The van der Waals surface area contributed by atoms with Crippen molar-refractivity contribution in [3.05, 3.63) is 35.5 Å². The van der Waals surface area contributed by atoms with Crippen LogP contribution in [0.1, 0.15) is 43.7 Å². The summed E-state index contributed by atoms with van der Waals surface area (Å²) in [5.74, 6) is -3.36. The zero-order valence-corrected chi connectivity index (χ0v) is 22.1. The molecule has 5 atom stereocenters. The van der Waals surface area contributed by atoms with Crippen LogP contribution in [0.15, 0.2) is 24.3 Å². The van der Waals surface area contributed by atoms with Crippen LogP contribution in [-0.4, -0.2) is 75.5 Å². The minimum absolute atomic E-state index is 0.0894. The van der Waals surface area contributed by atoms with E-state index >= 15 is 0 Å². The van der Waals surface area contributed by atoms with E-state index in [0.717, 1.165) is 27.7 Å². The van der Waals surface area contributed by atoms with Gasteiger partial charge in [-0.25, -0.2) is 4.98 Å². The molecule has 1 aliphatic rings. The van der Waals surface area contributed by atoms with Crippen LogP contribution in [0.4, 0.5) is 0 Å². The highest BCUT2D eigenvalue weighted by molar-refractivity contribution is 8.14. The lowest BCUT2D eigenvalue weighted by atomic mass is 9.99. The van der Waals surface area contributed by atoms with Gasteiger partial charge in [-0.05, 0) is 30.8 Å². The Hall–Kier alpha value is -3.71. The van der Waals surface area contributed by atoms with Crippen LogP contribution in [0.2, 0.25) is 0 Å². The molecule has 1 aromatic carbocycles. The first-order valence-corrected chi connectivity index (χ1v) is 12.4. The number of phenolic OH excluding ortho intramolecular Hbond substituents is 1. The van der Waals surface area contributed by atoms with Crippen molar-refractivity contribution in [1.82, 2.24) is 4.98 Å². The van der Waals surface area contributed by atoms with Gasteiger partial charge in [0, 0.05) is 38.8 Å². The van der Waals surface area contributed by atoms with E-state index in [9.17, 15) is 29.1 Å². The monoisotopic (exact) mass is 549 g/mol. The molecular formula is C25H27NO11S. The first kappa shape index (κ1) is 28.9. The minimum Gasteiger partial charge on any atom is -0.505 e. The molecule has 0 spiro atoms. The standard InChI is InChI=1S/C25H27NO11S/c1-11-6-7-16-8-9-17(20(31)19(16)26-11)24(32)38-25-23(36-15(5)30)22(35-14(4)29)21(34-13(3)28)18(37-25)10-33-12(2)27/h6-9,18,21-23,25,31H,10H2,1-5H3/t18-,21+,22+,23-,25+/m1/s1. The quantitative estimate of drug-likeness (QED) is 0.395. The van der Waals surface area contributed by atoms with Gasteiger partial charge in [0.25, 0.3) is 0 Å². The number of aryl methyl sites for hydroxylation is 1. The Morgan fingerprint density at radius 3 is 2.05 bits per heavy atom. The summed E-state index contributed by atoms with van der Waals surface area (Å²) in [4.78, 5) is 64.8. The van der Waals surface area contributed by atoms with Crippen molar-refractivity contribution in [3.63, 3.8) is 0 Å². The van der Waals surface area contributed by atoms with Crippen LogP contribution >= 0.6 is 11.8 Å². The van der Waals surface area contributed by atoms with Gasteiger partial charge >= 0.3 is 23.9 Å². The fourth-order valence-electron chi connectivity index (χ4n) is 3.89. The predicted octanol–water partition coefficient (Wildman–Crippen LogP) is 2.21. The number of fused-ring (bicyclic) bond motifs is 1. The van der Waals surface area contributed by atoms with Gasteiger partial charge in [0.2, 0.25) is 5.12 Å². The lowest BCUT2D eigenvalue weighted by Crippen LogP contribution is -2.61. The number of ether oxygens (including phenoxy) is 5. The summed E-state index contributed by atoms with van der Waals surface area (Å²) in [5.41, 5.74) is -0.556. The van der Waals surface area contributed by atoms with Gasteiger partial charge in [-0.15, -0.1) is 0 Å². The number of esters is 4. The molecule has 0 saturated carbocycles. The molecule has 2 aromatic rings. The lowest BCUT2D eigenvalue weighted by molar-refractivity contribution is -0.237. The number of aromatic hydroxyl groups is 1. The zero-order valence-electron chi connectivity index (χ0n) is 21.3. The van der Waals surface area contributed by atoms with E-state index in [-0.39, 0.29) is 16.8 Å². The molecule has 1 N–H and O–H groups in total. The Kier molecular flexibility index (Phi) is 9.28. The first-order chi connectivity index (χ1) is 17.9. The number of pyridine rings is 1. The number of hydrogen-bond acceptors (Lipinski definition) is 13. The van der Waals surface area contributed by atoms with E-state index in [0.29, 0.717) is 22.8 Å². The molecule has 1 saturated heterocycles. The molecule has 0 aliphatic carbocycles. The molecule has 0 amide bonds. The molecule has 0 radical (unpaired) electrons. The van der Waals surface area contributed by atoms with Crippen LogP contribution in [0.5, 0.6) is 5.75 Å². The van der Waals surface area contributed by atoms with Gasteiger partial charge in [0.15, 0.2) is 29.5 Å². The van der Waals surface area contributed by atoms with E-state index in [1.807, 2.05) is 0 Å². The maximum Gasteiger partial charge on any atom is 0.303 e. The summed E-state index contributed by atoms with van der Waals surface area (Å²) >= 11 is 0.542. The molecule has 13 heteroatoms. The van der Waals surface area contributed by atoms with Crippen molar-refractivity contribution in [1.29, 1.82) is 0 Å². The third-order valence-electron chi connectivity index (χ3n) is 5.37. The Balaban J connectivity index is 2.01. The number of aromatic nitrogens is 1. The Morgan fingerprint density at radius 1 is 0.868 bits per heavy atom. The van der Waals surface area contributed by atoms with Crippen molar-refractivity contribution >= 4 is 51.7 Å². The van der Waals surface area contributed by atoms with Crippen molar-refractivity contribution in [2.24, 2.45) is 0 Å². The number of carbonyl (C=O) groups excluding carboxylic acids is 5. The fraction of sp³-hybridized carbons (Fsp3) is 0.440. The smallest absolute Gasteiger partial charge is 0.303 e. The number of carbonyl (C=O) groups is 5. The summed E-state index contributed by atoms with van der Waals surface area (Å²) in [7, 11) is 0. The van der Waals surface area contributed by atoms with Gasteiger partial charge in [-0.1, -0.05) is 12.1 Å². The van der Waals surface area contributed by atoms with E-state index in [4.69, 9.17) is 23.7 Å². The van der Waals surface area contributed by atoms with Crippen molar-refractivity contribution < 1.29 is 52.8 Å². The molecule has 1 aliphatic heterocycles. The molecule has 204 valence electrons. The van der Waals surface area contributed by atoms with Gasteiger partial charge in [-0.3, -0.25) is 24.0 Å². The third-order valence-corrected chi connectivity index (χ3v) is 6.41. The average molecular weight is 550 g/mol. The van der Waals surface area contributed by atoms with Crippen molar-refractivity contribution in [3.8, 4) is 5.75 Å². The normalized spacial score (nSPS) is 22.8. The molecule has 0 unspecified atom stereocenters. The van der Waals surface area contributed by atoms with Crippen LogP contribution in [-0.2, 0) is 42.9 Å². The third kappa shape index (κ3) is 6.98. The molecule has 38 heavy (non-hydrogen) atoms. The number of rotatable bonds is 7. The Morgan fingerprint density at radius 2 is 1.45 bits per heavy atom. The second kappa shape index (κ2) is 12.2. The van der Waals surface area contributed by atoms with Gasteiger partial charge in [0.1, 0.15) is 18.2 Å². The van der Waals surface area contributed by atoms with Crippen molar-refractivity contribution in [2.45, 2.75) is 64.5 Å². The number of phenols is 1. The Labute approximate surface area is 221 Å². The second-order valence-corrected chi connectivity index (χ2v) is 9.53. The number of hydrogen-bond donors (Lipinski definition) is 1. The lowest BCUT2D eigenvalue weighted by Gasteiger charge is -2.43. The maximum atomic E-state index is 13.3. The van der Waals surface area contributed by atoms with Crippen LogP contribution in [0, 0.1) is 6.92 Å². The van der Waals surface area contributed by atoms with Crippen LogP contribution in [0.25, 0.3) is 10.9 Å². The number of thioether (sulfide) groups is 1. The highest BCUT2D eigenvalue weighted by Gasteiger charge is 2.53. The largest absolute Gasteiger partial charge is 0.505 e. The summed E-state index contributed by atoms with van der Waals surface area (Å²) < 4.78 is 27.0. The van der Waals surface area contributed by atoms with Crippen molar-refractivity contribution in [2.75, 3.05) is 6.61 Å². The van der Waals surface area contributed by atoms with Crippen LogP contribution < -0.4 is 0 Å².